The van der Waals surface area contributed by atoms with Crippen molar-refractivity contribution in [3.8, 4) is 0 Å². The molecule has 0 amide bonds. The van der Waals surface area contributed by atoms with E-state index in [1.54, 1.807) is 0 Å². The molecule has 1 rings (SSSR count). The van der Waals surface area contributed by atoms with Gasteiger partial charge in [-0.15, -0.1) is 0 Å². The van der Waals surface area contributed by atoms with Gasteiger partial charge in [-0.2, -0.15) is 0 Å². The standard InChI is InChI=1S/C10H18/c1-7(2)6-9-8(3)10(9,4)5/h6,8-9H,1-5H3. The van der Waals surface area contributed by atoms with E-state index in [2.05, 4.69) is 40.7 Å². The normalized spacial score (nSPS) is 35.3. The van der Waals surface area contributed by atoms with Gasteiger partial charge in [0.25, 0.3) is 0 Å². The van der Waals surface area contributed by atoms with Gasteiger partial charge in [-0.25, -0.2) is 0 Å². The summed E-state index contributed by atoms with van der Waals surface area (Å²) >= 11 is 0. The van der Waals surface area contributed by atoms with Crippen LogP contribution in [0, 0.1) is 17.3 Å². The number of hydrogen-bond donors (Lipinski definition) is 0. The van der Waals surface area contributed by atoms with E-state index in [1.807, 2.05) is 0 Å². The first-order valence-corrected chi connectivity index (χ1v) is 4.11. The van der Waals surface area contributed by atoms with Crippen LogP contribution in [-0.4, -0.2) is 0 Å². The zero-order valence-electron chi connectivity index (χ0n) is 7.73. The Morgan fingerprint density at radius 3 is 1.80 bits per heavy atom. The molecule has 1 saturated carbocycles. The minimum absolute atomic E-state index is 0.581. The van der Waals surface area contributed by atoms with Crippen molar-refractivity contribution in [1.29, 1.82) is 0 Å². The van der Waals surface area contributed by atoms with Gasteiger partial charge in [-0.1, -0.05) is 32.4 Å². The molecule has 0 aromatic carbocycles. The predicted molar refractivity (Wildman–Crippen MR) is 45.9 cm³/mol. The van der Waals surface area contributed by atoms with E-state index in [9.17, 15) is 0 Å². The lowest BCUT2D eigenvalue weighted by Gasteiger charge is -1.96. The fourth-order valence-electron chi connectivity index (χ4n) is 1.66. The van der Waals surface area contributed by atoms with Gasteiger partial charge in [0.15, 0.2) is 0 Å². The van der Waals surface area contributed by atoms with Crippen molar-refractivity contribution in [3.05, 3.63) is 11.6 Å². The smallest absolute Gasteiger partial charge is 0.0146 e. The lowest BCUT2D eigenvalue weighted by atomic mass is 10.1. The van der Waals surface area contributed by atoms with Crippen molar-refractivity contribution < 1.29 is 0 Å². The van der Waals surface area contributed by atoms with Crippen molar-refractivity contribution in [2.24, 2.45) is 17.3 Å². The highest BCUT2D eigenvalue weighted by molar-refractivity contribution is 5.15. The molecule has 0 spiro atoms. The topological polar surface area (TPSA) is 0 Å². The van der Waals surface area contributed by atoms with Crippen molar-refractivity contribution in [2.45, 2.75) is 34.6 Å². The Bertz CT molecular complexity index is 159. The summed E-state index contributed by atoms with van der Waals surface area (Å²) in [6.07, 6.45) is 2.41. The van der Waals surface area contributed by atoms with Gasteiger partial charge in [0.1, 0.15) is 0 Å². The molecule has 0 aromatic heterocycles. The lowest BCUT2D eigenvalue weighted by molar-refractivity contribution is 0.569. The molecular weight excluding hydrogens is 120 g/mol. The van der Waals surface area contributed by atoms with Crippen molar-refractivity contribution >= 4 is 0 Å². The molecule has 58 valence electrons. The van der Waals surface area contributed by atoms with E-state index in [1.165, 1.54) is 5.57 Å². The molecule has 2 atom stereocenters. The second-order valence-corrected chi connectivity index (χ2v) is 4.38. The Morgan fingerprint density at radius 1 is 1.30 bits per heavy atom. The third kappa shape index (κ3) is 1.12. The van der Waals surface area contributed by atoms with E-state index >= 15 is 0 Å². The maximum atomic E-state index is 2.41. The molecule has 1 aliphatic rings. The van der Waals surface area contributed by atoms with Crippen molar-refractivity contribution in [2.75, 3.05) is 0 Å². The van der Waals surface area contributed by atoms with Gasteiger partial charge in [-0.05, 0) is 31.1 Å². The summed E-state index contributed by atoms with van der Waals surface area (Å²) in [5.41, 5.74) is 2.04. The van der Waals surface area contributed by atoms with E-state index in [0.717, 1.165) is 11.8 Å². The van der Waals surface area contributed by atoms with E-state index in [-0.39, 0.29) is 0 Å². The quantitative estimate of drug-likeness (QED) is 0.488. The fourth-order valence-corrected chi connectivity index (χ4v) is 1.66. The summed E-state index contributed by atoms with van der Waals surface area (Å²) in [6.45, 7) is 11.4. The second-order valence-electron chi connectivity index (χ2n) is 4.38. The molecule has 0 heterocycles. The Balaban J connectivity index is 2.58. The van der Waals surface area contributed by atoms with Gasteiger partial charge in [0.05, 0.1) is 0 Å². The van der Waals surface area contributed by atoms with E-state index in [0.29, 0.717) is 5.41 Å². The third-order valence-corrected chi connectivity index (χ3v) is 2.98. The molecule has 0 heteroatoms. The van der Waals surface area contributed by atoms with E-state index < -0.39 is 0 Å². The van der Waals surface area contributed by atoms with E-state index in [4.69, 9.17) is 0 Å². The molecule has 0 N–H and O–H groups in total. The van der Waals surface area contributed by atoms with Gasteiger partial charge >= 0.3 is 0 Å². The summed E-state index contributed by atoms with van der Waals surface area (Å²) in [5.74, 6) is 1.74. The Kier molecular flexibility index (Phi) is 1.66. The van der Waals surface area contributed by atoms with Crippen LogP contribution in [0.1, 0.15) is 34.6 Å². The van der Waals surface area contributed by atoms with Crippen LogP contribution < -0.4 is 0 Å². The minimum Gasteiger partial charge on any atom is -0.0819 e. The highest BCUT2D eigenvalue weighted by Crippen LogP contribution is 2.58. The third-order valence-electron chi connectivity index (χ3n) is 2.98. The molecule has 0 aromatic rings. The Morgan fingerprint density at radius 2 is 1.70 bits per heavy atom. The molecule has 0 nitrogen and oxygen atoms in total. The molecule has 2 unspecified atom stereocenters. The summed E-state index contributed by atoms with van der Waals surface area (Å²) < 4.78 is 0. The van der Waals surface area contributed by atoms with Crippen molar-refractivity contribution in [3.63, 3.8) is 0 Å². The zero-order valence-corrected chi connectivity index (χ0v) is 7.73. The van der Waals surface area contributed by atoms with Crippen LogP contribution in [0.2, 0.25) is 0 Å². The van der Waals surface area contributed by atoms with Gasteiger partial charge in [0.2, 0.25) is 0 Å². The molecule has 1 fully saturated rings. The van der Waals surface area contributed by atoms with Crippen LogP contribution in [0.3, 0.4) is 0 Å². The first-order valence-electron chi connectivity index (χ1n) is 4.11. The second kappa shape index (κ2) is 2.11. The SMILES string of the molecule is CC(C)=CC1C(C)C1(C)C. The van der Waals surface area contributed by atoms with Gasteiger partial charge in [-0.3, -0.25) is 0 Å². The first kappa shape index (κ1) is 7.84. The number of rotatable bonds is 1. The maximum Gasteiger partial charge on any atom is -0.0146 e. The molecule has 0 bridgehead atoms. The molecule has 0 aliphatic heterocycles. The summed E-state index contributed by atoms with van der Waals surface area (Å²) in [7, 11) is 0. The van der Waals surface area contributed by atoms with Crippen LogP contribution in [0.25, 0.3) is 0 Å². The van der Waals surface area contributed by atoms with Crippen LogP contribution in [0.15, 0.2) is 11.6 Å². The van der Waals surface area contributed by atoms with Gasteiger partial charge < -0.3 is 0 Å². The maximum absolute atomic E-state index is 2.41. The lowest BCUT2D eigenvalue weighted by Crippen LogP contribution is -1.87. The fraction of sp³-hybridized carbons (Fsp3) is 0.800. The van der Waals surface area contributed by atoms with Crippen molar-refractivity contribution in [1.82, 2.24) is 0 Å². The van der Waals surface area contributed by atoms with Crippen LogP contribution in [-0.2, 0) is 0 Å². The Hall–Kier alpha value is -0.260. The molecule has 0 saturated heterocycles. The summed E-state index contributed by atoms with van der Waals surface area (Å²) in [6, 6.07) is 0. The van der Waals surface area contributed by atoms with Crippen LogP contribution >= 0.6 is 0 Å². The predicted octanol–water partition coefficient (Wildman–Crippen LogP) is 3.24. The summed E-state index contributed by atoms with van der Waals surface area (Å²) in [5, 5.41) is 0. The average molecular weight is 138 g/mol. The zero-order chi connectivity index (χ0) is 7.94. The highest BCUT2D eigenvalue weighted by atomic mass is 14.6. The largest absolute Gasteiger partial charge is 0.0819 e. The highest BCUT2D eigenvalue weighted by Gasteiger charge is 2.52. The molecular formula is C10H18. The minimum atomic E-state index is 0.581. The van der Waals surface area contributed by atoms with Crippen LogP contribution in [0.5, 0.6) is 0 Å². The first-order chi connectivity index (χ1) is 4.46. The van der Waals surface area contributed by atoms with Crippen LogP contribution in [0.4, 0.5) is 0 Å². The monoisotopic (exact) mass is 138 g/mol. The average Bonchev–Trinajstić information content (AvgIpc) is 2.17. The molecule has 1 aliphatic carbocycles. The number of allylic oxidation sites excluding steroid dienone is 2. The van der Waals surface area contributed by atoms with Gasteiger partial charge in [0, 0.05) is 0 Å². The number of hydrogen-bond acceptors (Lipinski definition) is 0. The molecule has 10 heavy (non-hydrogen) atoms. The summed E-state index contributed by atoms with van der Waals surface area (Å²) in [4.78, 5) is 0. The molecule has 0 radical (unpaired) electrons. The Labute approximate surface area is 64.3 Å².